The van der Waals surface area contributed by atoms with Crippen molar-refractivity contribution in [1.29, 1.82) is 0 Å². The van der Waals surface area contributed by atoms with Crippen molar-refractivity contribution in [1.82, 2.24) is 9.80 Å². The summed E-state index contributed by atoms with van der Waals surface area (Å²) in [5, 5.41) is 0. The van der Waals surface area contributed by atoms with Gasteiger partial charge in [-0.2, -0.15) is 0 Å². The normalized spacial score (nSPS) is 44.8. The van der Waals surface area contributed by atoms with E-state index >= 15 is 0 Å². The zero-order valence-electron chi connectivity index (χ0n) is 23.3. The molecule has 0 aromatic carbocycles. The molecule has 0 radical (unpaired) electrons. The maximum absolute atomic E-state index is 12.2. The lowest BCUT2D eigenvalue weighted by molar-refractivity contribution is -0.116. The van der Waals surface area contributed by atoms with Crippen LogP contribution in [0.3, 0.4) is 0 Å². The molecule has 0 aromatic heterocycles. The van der Waals surface area contributed by atoms with Gasteiger partial charge in [-0.15, -0.1) is 0 Å². The van der Waals surface area contributed by atoms with E-state index in [0.717, 1.165) is 50.8 Å². The molecule has 5 aliphatic rings. The number of allylic oxidation sites excluding steroid dienone is 3. The second-order valence-electron chi connectivity index (χ2n) is 13.5. The first kappa shape index (κ1) is 25.7. The second-order valence-corrected chi connectivity index (χ2v) is 13.5. The number of carbonyl (C=O) groups is 1. The number of piperidine rings is 1. The van der Waals surface area contributed by atoms with E-state index in [9.17, 15) is 4.79 Å². The number of rotatable bonds is 3. The Hall–Kier alpha value is -0.970. The molecule has 4 heteroatoms. The summed E-state index contributed by atoms with van der Waals surface area (Å²) in [6.07, 6.45) is 11.7. The zero-order valence-corrected chi connectivity index (χ0v) is 23.3. The van der Waals surface area contributed by atoms with Crippen molar-refractivity contribution < 1.29 is 9.53 Å². The molecule has 8 atom stereocenters. The highest BCUT2D eigenvalue weighted by Crippen LogP contribution is 2.62. The molecule has 196 valence electrons. The minimum absolute atomic E-state index is 0.232. The van der Waals surface area contributed by atoms with Crippen molar-refractivity contribution in [2.45, 2.75) is 91.2 Å². The molecule has 0 bridgehead atoms. The molecule has 1 saturated heterocycles. The van der Waals surface area contributed by atoms with Gasteiger partial charge < -0.3 is 9.64 Å². The van der Waals surface area contributed by atoms with Gasteiger partial charge in [-0.25, -0.2) is 0 Å². The van der Waals surface area contributed by atoms with Crippen molar-refractivity contribution in [3.63, 3.8) is 0 Å². The van der Waals surface area contributed by atoms with Crippen LogP contribution < -0.4 is 0 Å². The Morgan fingerprint density at radius 2 is 1.97 bits per heavy atom. The number of likely N-dealkylation sites (N-methyl/N-ethyl adjacent to an activating group) is 1. The Kier molecular flexibility index (Phi) is 7.38. The van der Waals surface area contributed by atoms with Crippen LogP contribution >= 0.6 is 0 Å². The monoisotopic (exact) mass is 482 g/mol. The summed E-state index contributed by atoms with van der Waals surface area (Å²) in [4.78, 5) is 17.3. The fourth-order valence-electron chi connectivity index (χ4n) is 8.90. The van der Waals surface area contributed by atoms with Crippen molar-refractivity contribution in [3.8, 4) is 0 Å². The topological polar surface area (TPSA) is 32.8 Å². The average Bonchev–Trinajstić information content (AvgIpc) is 3.19. The van der Waals surface area contributed by atoms with Gasteiger partial charge in [0.15, 0.2) is 5.78 Å². The van der Waals surface area contributed by atoms with Gasteiger partial charge in [0.2, 0.25) is 0 Å². The van der Waals surface area contributed by atoms with Crippen molar-refractivity contribution in [2.75, 3.05) is 40.3 Å². The Morgan fingerprint density at radius 3 is 2.74 bits per heavy atom. The fraction of sp³-hybridized carbons (Fsp3) is 0.839. The third-order valence-corrected chi connectivity index (χ3v) is 10.8. The molecule has 35 heavy (non-hydrogen) atoms. The number of hydrogen-bond acceptors (Lipinski definition) is 4. The molecule has 5 rings (SSSR count). The van der Waals surface area contributed by atoms with Gasteiger partial charge in [0.1, 0.15) is 0 Å². The van der Waals surface area contributed by atoms with E-state index in [1.54, 1.807) is 5.57 Å². The van der Waals surface area contributed by atoms with Crippen molar-refractivity contribution >= 4 is 5.78 Å². The highest BCUT2D eigenvalue weighted by molar-refractivity contribution is 5.91. The molecule has 0 spiro atoms. The average molecular weight is 483 g/mol. The summed E-state index contributed by atoms with van der Waals surface area (Å²) >= 11 is 0. The van der Waals surface area contributed by atoms with Gasteiger partial charge >= 0.3 is 0 Å². The van der Waals surface area contributed by atoms with Crippen LogP contribution in [0.5, 0.6) is 0 Å². The maximum atomic E-state index is 12.2. The van der Waals surface area contributed by atoms with E-state index in [1.807, 2.05) is 6.08 Å². The van der Waals surface area contributed by atoms with Gasteiger partial charge in [-0.05, 0) is 113 Å². The molecular formula is C31H50N2O2. The summed E-state index contributed by atoms with van der Waals surface area (Å²) in [5.74, 6) is 3.94. The van der Waals surface area contributed by atoms with Crippen LogP contribution in [0.25, 0.3) is 0 Å². The third-order valence-electron chi connectivity index (χ3n) is 10.8. The smallest absolute Gasteiger partial charge is 0.155 e. The van der Waals surface area contributed by atoms with Crippen LogP contribution in [-0.2, 0) is 9.53 Å². The van der Waals surface area contributed by atoms with E-state index in [4.69, 9.17) is 4.74 Å². The number of ketones is 1. The molecule has 4 nitrogen and oxygen atoms in total. The molecule has 3 aliphatic carbocycles. The molecule has 0 unspecified atom stereocenters. The molecule has 2 saturated carbocycles. The fourth-order valence-corrected chi connectivity index (χ4v) is 8.90. The first-order valence-corrected chi connectivity index (χ1v) is 14.6. The SMILES string of the molecule is C/C1=C2\C[C@H]3[C@@H](CCC4=CC(=O)CC[C@@]43C)[C@@H]2CC[C@H](C)[C@H]2[C@@H](C[C@H](C)CN2CCN(C)C)OC1. The van der Waals surface area contributed by atoms with Gasteiger partial charge in [-0.3, -0.25) is 9.69 Å². The zero-order chi connectivity index (χ0) is 24.9. The van der Waals surface area contributed by atoms with Crippen LogP contribution in [0.15, 0.2) is 22.8 Å². The summed E-state index contributed by atoms with van der Waals surface area (Å²) in [7, 11) is 4.38. The highest BCUT2D eigenvalue weighted by atomic mass is 16.5. The lowest BCUT2D eigenvalue weighted by Crippen LogP contribution is -2.56. The Labute approximate surface area is 214 Å². The van der Waals surface area contributed by atoms with Crippen molar-refractivity contribution in [2.24, 2.45) is 35.0 Å². The number of fused-ring (bicyclic) bond motifs is 6. The van der Waals surface area contributed by atoms with Crippen LogP contribution in [0.4, 0.5) is 0 Å². The highest BCUT2D eigenvalue weighted by Gasteiger charge is 2.53. The first-order chi connectivity index (χ1) is 16.7. The minimum Gasteiger partial charge on any atom is -0.372 e. The molecule has 2 aliphatic heterocycles. The van der Waals surface area contributed by atoms with E-state index in [1.165, 1.54) is 49.8 Å². The van der Waals surface area contributed by atoms with Crippen molar-refractivity contribution in [3.05, 3.63) is 22.8 Å². The molecule has 0 aromatic rings. The lowest BCUT2D eigenvalue weighted by atomic mass is 9.56. The van der Waals surface area contributed by atoms with E-state index in [0.29, 0.717) is 35.7 Å². The Bertz CT molecular complexity index is 875. The lowest BCUT2D eigenvalue weighted by Gasteiger charge is -2.48. The summed E-state index contributed by atoms with van der Waals surface area (Å²) < 4.78 is 6.85. The summed E-state index contributed by atoms with van der Waals surface area (Å²) in [5.41, 5.74) is 4.96. The number of hydrogen-bond donors (Lipinski definition) is 0. The number of likely N-dealkylation sites (tertiary alicyclic amines) is 1. The molecule has 0 N–H and O–H groups in total. The predicted octanol–water partition coefficient (Wildman–Crippen LogP) is 5.73. The quantitative estimate of drug-likeness (QED) is 0.481. The molecule has 2 heterocycles. The van der Waals surface area contributed by atoms with Crippen LogP contribution in [0.1, 0.15) is 79.1 Å². The van der Waals surface area contributed by atoms with Crippen LogP contribution in [-0.4, -0.2) is 68.1 Å². The van der Waals surface area contributed by atoms with E-state index in [-0.39, 0.29) is 5.41 Å². The van der Waals surface area contributed by atoms with Crippen LogP contribution in [0.2, 0.25) is 0 Å². The predicted molar refractivity (Wildman–Crippen MR) is 143 cm³/mol. The van der Waals surface area contributed by atoms with E-state index < -0.39 is 0 Å². The van der Waals surface area contributed by atoms with Crippen LogP contribution in [0, 0.1) is 35.0 Å². The van der Waals surface area contributed by atoms with Gasteiger partial charge in [0.05, 0.1) is 12.7 Å². The number of carbonyl (C=O) groups excluding carboxylic acids is 1. The van der Waals surface area contributed by atoms with Gasteiger partial charge in [-0.1, -0.05) is 31.9 Å². The minimum atomic E-state index is 0.232. The summed E-state index contributed by atoms with van der Waals surface area (Å²) in [6, 6.07) is 0.542. The largest absolute Gasteiger partial charge is 0.372 e. The Balaban J connectivity index is 1.41. The number of ether oxygens (including phenoxy) is 1. The first-order valence-electron chi connectivity index (χ1n) is 14.6. The standard InChI is InChI=1S/C31H50N2O2/c1-20-15-29-30(33(18-20)14-13-32(5)6)21(2)7-9-25-26-10-8-23-16-24(34)11-12-31(23,4)28(26)17-27(25)22(3)19-35-29/h16,20-21,25-26,28-30H,7-15,17-19H2,1-6H3/b27-22-/t20-,21-,25-,26-,28-,29+,30-,31-/m0/s1. The van der Waals surface area contributed by atoms with E-state index in [2.05, 4.69) is 51.6 Å². The van der Waals surface area contributed by atoms with Gasteiger partial charge in [0, 0.05) is 32.1 Å². The molecule has 0 amide bonds. The maximum Gasteiger partial charge on any atom is 0.155 e. The third kappa shape index (κ3) is 4.84. The van der Waals surface area contributed by atoms with Gasteiger partial charge in [0.25, 0.3) is 0 Å². The molecule has 3 fully saturated rings. The summed E-state index contributed by atoms with van der Waals surface area (Å²) in [6.45, 7) is 14.1. The Morgan fingerprint density at radius 1 is 1.17 bits per heavy atom. The molecular weight excluding hydrogens is 432 g/mol. The second kappa shape index (κ2) is 10.1. The number of nitrogens with zero attached hydrogens (tertiary/aromatic N) is 2.